The first-order valence-electron chi connectivity index (χ1n) is 3.76. The summed E-state index contributed by atoms with van der Waals surface area (Å²) in [6.45, 7) is 0.0217. The first-order valence-corrected chi connectivity index (χ1v) is 5.06. The molecular weight excluding hydrogens is 264 g/mol. The van der Waals surface area contributed by atoms with Crippen LogP contribution in [-0.2, 0) is 11.4 Å². The van der Waals surface area contributed by atoms with Gasteiger partial charge in [-0.1, -0.05) is 65.1 Å². The highest BCUT2D eigenvalue weighted by atomic mass is 35.6. The van der Waals surface area contributed by atoms with Crippen LogP contribution in [-0.4, -0.2) is 9.38 Å². The van der Waals surface area contributed by atoms with Crippen molar-refractivity contribution in [3.05, 3.63) is 46.0 Å². The maximum Gasteiger partial charge on any atom is 0.294 e. The first kappa shape index (κ1) is 14.3. The van der Waals surface area contributed by atoms with Crippen LogP contribution in [0, 0.1) is 10.1 Å². The van der Waals surface area contributed by atoms with Gasteiger partial charge in [-0.25, -0.2) is 0 Å². The molecule has 0 bridgehead atoms. The Kier molecular flexibility index (Phi) is 8.18. The summed E-state index contributed by atoms with van der Waals surface area (Å²) >= 11 is 14.4. The summed E-state index contributed by atoms with van der Waals surface area (Å²) in [4.78, 5) is 13.9. The topological polar surface area (TPSA) is 52.4 Å². The van der Waals surface area contributed by atoms with Gasteiger partial charge in [0.1, 0.15) is 6.61 Å². The lowest BCUT2D eigenvalue weighted by Gasteiger charge is -1.96. The number of benzene rings is 1. The summed E-state index contributed by atoms with van der Waals surface area (Å²) < 4.78 is -0.750. The van der Waals surface area contributed by atoms with Crippen molar-refractivity contribution in [1.82, 2.24) is 0 Å². The van der Waals surface area contributed by atoms with Gasteiger partial charge in [0.15, 0.2) is 4.30 Å². The van der Waals surface area contributed by atoms with Gasteiger partial charge in [-0.05, 0) is 5.56 Å². The van der Waals surface area contributed by atoms with Crippen molar-refractivity contribution < 1.29 is 9.92 Å². The van der Waals surface area contributed by atoms with Crippen LogP contribution in [0.3, 0.4) is 0 Å². The molecule has 0 N–H and O–H groups in total. The third-order valence-electron chi connectivity index (χ3n) is 1.18. The molecule has 0 amide bonds. The van der Waals surface area contributed by atoms with Gasteiger partial charge >= 0.3 is 0 Å². The van der Waals surface area contributed by atoms with Gasteiger partial charge in [0.05, 0.1) is 0 Å². The summed E-state index contributed by atoms with van der Waals surface area (Å²) in [7, 11) is 0. The zero-order valence-electron chi connectivity index (χ0n) is 7.48. The fourth-order valence-corrected chi connectivity index (χ4v) is 0.701. The maximum atomic E-state index is 9.76. The van der Waals surface area contributed by atoms with Crippen molar-refractivity contribution in [3.63, 3.8) is 0 Å². The average molecular weight is 273 g/mol. The van der Waals surface area contributed by atoms with Gasteiger partial charge in [0.25, 0.3) is 5.09 Å². The zero-order valence-corrected chi connectivity index (χ0v) is 9.74. The molecular formula is C8H8Cl3NO3. The first-order chi connectivity index (χ1) is 7.02. The van der Waals surface area contributed by atoms with Crippen LogP contribution < -0.4 is 0 Å². The van der Waals surface area contributed by atoms with Gasteiger partial charge < -0.3 is 4.84 Å². The number of alkyl halides is 3. The van der Waals surface area contributed by atoms with Crippen LogP contribution in [0.15, 0.2) is 30.3 Å². The van der Waals surface area contributed by atoms with Gasteiger partial charge in [-0.2, -0.15) is 0 Å². The summed E-state index contributed by atoms with van der Waals surface area (Å²) in [5.74, 6) is 0. The van der Waals surface area contributed by atoms with Crippen LogP contribution >= 0.6 is 34.8 Å². The predicted octanol–water partition coefficient (Wildman–Crippen LogP) is 3.38. The second kappa shape index (κ2) is 8.59. The molecule has 84 valence electrons. The Balaban J connectivity index is 0.000000423. The molecule has 1 aromatic rings. The van der Waals surface area contributed by atoms with E-state index in [0.29, 0.717) is 0 Å². The summed E-state index contributed by atoms with van der Waals surface area (Å²) in [5.41, 5.74) is 0.796. The highest BCUT2D eigenvalue weighted by Gasteiger charge is 1.94. The molecule has 0 atom stereocenters. The fourth-order valence-electron chi connectivity index (χ4n) is 0.701. The molecule has 1 aromatic carbocycles. The molecule has 0 heterocycles. The summed E-state index contributed by atoms with van der Waals surface area (Å²) in [6.07, 6.45) is 0. The fraction of sp³-hybridized carbons (Fsp3) is 0.250. The molecule has 0 fully saturated rings. The maximum absolute atomic E-state index is 9.76. The van der Waals surface area contributed by atoms with Crippen molar-refractivity contribution in [3.8, 4) is 0 Å². The van der Waals surface area contributed by atoms with Gasteiger partial charge in [0, 0.05) is 0 Å². The van der Waals surface area contributed by atoms with E-state index in [1.54, 1.807) is 24.3 Å². The highest BCUT2D eigenvalue weighted by molar-refractivity contribution is 6.63. The molecule has 1 rings (SSSR count). The quantitative estimate of drug-likeness (QED) is 0.481. The second-order valence-electron chi connectivity index (χ2n) is 2.23. The molecule has 0 saturated heterocycles. The molecule has 0 radical (unpaired) electrons. The van der Waals surface area contributed by atoms with E-state index in [1.165, 1.54) is 0 Å². The molecule has 0 aliphatic carbocycles. The number of halogens is 3. The summed E-state index contributed by atoms with van der Waals surface area (Å²) in [5, 5.41) is 8.96. The SMILES string of the molecule is ClC(Cl)Cl.O=[N+]([O-])OCc1ccccc1. The normalized spacial score (nSPS) is 9.07. The standard InChI is InChI=1S/C7H7NO3.CHCl3/c9-8(10)11-6-7-4-2-1-3-5-7;2-1(3)4/h1-5H,6H2;1H. The lowest BCUT2D eigenvalue weighted by atomic mass is 10.2. The molecule has 0 unspecified atom stereocenters. The molecule has 0 spiro atoms. The molecule has 4 nitrogen and oxygen atoms in total. The van der Waals surface area contributed by atoms with Crippen LogP contribution in [0.5, 0.6) is 0 Å². The van der Waals surface area contributed by atoms with Gasteiger partial charge in [-0.3, -0.25) is 0 Å². The molecule has 15 heavy (non-hydrogen) atoms. The largest absolute Gasteiger partial charge is 0.309 e. The van der Waals surface area contributed by atoms with E-state index < -0.39 is 9.38 Å². The number of rotatable bonds is 3. The summed E-state index contributed by atoms with van der Waals surface area (Å²) in [6, 6.07) is 8.99. The minimum absolute atomic E-state index is 0.0217. The Morgan fingerprint density at radius 3 is 2.13 bits per heavy atom. The van der Waals surface area contributed by atoms with E-state index in [2.05, 4.69) is 4.84 Å². The van der Waals surface area contributed by atoms with E-state index in [4.69, 9.17) is 34.8 Å². The number of hydrogen-bond donors (Lipinski definition) is 0. The van der Waals surface area contributed by atoms with Gasteiger partial charge in [-0.15, -0.1) is 10.1 Å². The molecule has 0 aromatic heterocycles. The smallest absolute Gasteiger partial charge is 0.294 e. The molecule has 0 saturated carbocycles. The van der Waals surface area contributed by atoms with Crippen molar-refractivity contribution >= 4 is 34.8 Å². The lowest BCUT2D eigenvalue weighted by Crippen LogP contribution is -1.99. The monoisotopic (exact) mass is 271 g/mol. The predicted molar refractivity (Wildman–Crippen MR) is 59.6 cm³/mol. The van der Waals surface area contributed by atoms with E-state index in [-0.39, 0.29) is 6.61 Å². The second-order valence-corrected chi connectivity index (χ2v) is 4.21. The Morgan fingerprint density at radius 2 is 1.73 bits per heavy atom. The zero-order chi connectivity index (χ0) is 11.7. The third kappa shape index (κ3) is 11.2. The average Bonchev–Trinajstić information content (AvgIpc) is 2.15. The van der Waals surface area contributed by atoms with E-state index in [9.17, 15) is 10.1 Å². The van der Waals surface area contributed by atoms with Crippen LogP contribution in [0.4, 0.5) is 0 Å². The molecule has 0 aliphatic rings. The Morgan fingerprint density at radius 1 is 1.27 bits per heavy atom. The Labute approximate surface area is 102 Å². The van der Waals surface area contributed by atoms with Crippen LogP contribution in [0.1, 0.15) is 5.56 Å². The minimum Gasteiger partial charge on any atom is -0.309 e. The van der Waals surface area contributed by atoms with E-state index in [1.807, 2.05) is 6.07 Å². The molecule has 7 heteroatoms. The van der Waals surface area contributed by atoms with Crippen molar-refractivity contribution in [1.29, 1.82) is 0 Å². The van der Waals surface area contributed by atoms with Gasteiger partial charge in [0.2, 0.25) is 0 Å². The van der Waals surface area contributed by atoms with E-state index >= 15 is 0 Å². The number of hydrogen-bond acceptors (Lipinski definition) is 3. The van der Waals surface area contributed by atoms with E-state index in [0.717, 1.165) is 5.56 Å². The van der Waals surface area contributed by atoms with Crippen LogP contribution in [0.2, 0.25) is 0 Å². The van der Waals surface area contributed by atoms with Crippen molar-refractivity contribution in [2.75, 3.05) is 0 Å². The third-order valence-corrected chi connectivity index (χ3v) is 1.18. The lowest BCUT2D eigenvalue weighted by molar-refractivity contribution is -0.763. The van der Waals surface area contributed by atoms with Crippen molar-refractivity contribution in [2.24, 2.45) is 0 Å². The Hall–Kier alpha value is -0.710. The van der Waals surface area contributed by atoms with Crippen LogP contribution in [0.25, 0.3) is 0 Å². The Bertz CT molecular complexity index is 279. The van der Waals surface area contributed by atoms with Crippen molar-refractivity contribution in [2.45, 2.75) is 10.9 Å². The minimum atomic E-state index is -0.799. The number of nitrogens with zero attached hydrogens (tertiary/aromatic N) is 1. The highest BCUT2D eigenvalue weighted by Crippen LogP contribution is 2.03. The molecule has 0 aliphatic heterocycles.